The number of Topliss-reactive ketones (excluding diaryl/α,β-unsaturated/α-hetero) is 1. The van der Waals surface area contributed by atoms with Gasteiger partial charge in [0.05, 0.1) is 17.3 Å². The number of amides is 1. The van der Waals surface area contributed by atoms with Gasteiger partial charge in [-0.3, -0.25) is 9.59 Å². The normalized spacial score (nSPS) is 24.7. The van der Waals surface area contributed by atoms with Crippen LogP contribution in [0.4, 0.5) is 0 Å². The molecule has 0 unspecified atom stereocenters. The van der Waals surface area contributed by atoms with E-state index in [1.165, 1.54) is 22.5 Å². The Balaban J connectivity index is 1.60. The minimum atomic E-state index is 0.0632. The number of likely N-dealkylation sites (tertiary alicyclic amines) is 1. The van der Waals surface area contributed by atoms with Crippen molar-refractivity contribution in [3.05, 3.63) is 57.3 Å². The van der Waals surface area contributed by atoms with Gasteiger partial charge in [0.2, 0.25) is 5.91 Å². The molecule has 2 saturated heterocycles. The fourth-order valence-electron chi connectivity index (χ4n) is 4.42. The average Bonchev–Trinajstić information content (AvgIpc) is 3.30. The van der Waals surface area contributed by atoms with E-state index < -0.39 is 0 Å². The Labute approximate surface area is 158 Å². The van der Waals surface area contributed by atoms with E-state index in [-0.39, 0.29) is 17.7 Å². The van der Waals surface area contributed by atoms with Gasteiger partial charge in [0, 0.05) is 25.6 Å². The van der Waals surface area contributed by atoms with Crippen molar-refractivity contribution >= 4 is 23.0 Å². The van der Waals surface area contributed by atoms with Crippen molar-refractivity contribution in [3.63, 3.8) is 0 Å². The molecule has 3 atom stereocenters. The Bertz CT molecular complexity index is 844. The van der Waals surface area contributed by atoms with E-state index in [1.54, 1.807) is 6.92 Å². The molecule has 1 aromatic carbocycles. The molecule has 3 heterocycles. The number of carbonyl (C=O) groups is 2. The lowest BCUT2D eigenvalue weighted by atomic mass is 9.87. The van der Waals surface area contributed by atoms with Crippen LogP contribution in [0.2, 0.25) is 0 Å². The number of hydrogen-bond acceptors (Lipinski definition) is 4. The highest BCUT2D eigenvalue weighted by Crippen LogP contribution is 2.43. The van der Waals surface area contributed by atoms with Crippen LogP contribution in [-0.4, -0.2) is 36.2 Å². The summed E-state index contributed by atoms with van der Waals surface area (Å²) in [4.78, 5) is 27.5. The molecule has 1 amide bonds. The summed E-state index contributed by atoms with van der Waals surface area (Å²) >= 11 is 1.43. The molecular weight excluding hydrogens is 344 g/mol. The number of ketones is 1. The first-order valence-electron chi connectivity index (χ1n) is 9.18. The van der Waals surface area contributed by atoms with Gasteiger partial charge >= 0.3 is 0 Å². The van der Waals surface area contributed by atoms with Crippen LogP contribution < -0.4 is 5.32 Å². The lowest BCUT2D eigenvalue weighted by Gasteiger charge is -2.29. The number of fused-ring (bicyclic) bond motifs is 1. The Morgan fingerprint density at radius 2 is 2.08 bits per heavy atom. The summed E-state index contributed by atoms with van der Waals surface area (Å²) in [6, 6.07) is 10.4. The summed E-state index contributed by atoms with van der Waals surface area (Å²) in [6.45, 7) is 6.48. The van der Waals surface area contributed by atoms with Gasteiger partial charge in [-0.2, -0.15) is 0 Å². The maximum absolute atomic E-state index is 13.1. The van der Waals surface area contributed by atoms with Gasteiger partial charge in [0.25, 0.3) is 0 Å². The third kappa shape index (κ3) is 3.10. The molecule has 0 saturated carbocycles. The number of aryl methyl sites for hydroxylation is 1. The molecule has 2 fully saturated rings. The minimum Gasteiger partial charge on any atom is -0.335 e. The first-order valence-corrected chi connectivity index (χ1v) is 10.1. The maximum atomic E-state index is 13.1. The van der Waals surface area contributed by atoms with Crippen LogP contribution in [0.3, 0.4) is 0 Å². The van der Waals surface area contributed by atoms with Crippen molar-refractivity contribution in [2.75, 3.05) is 19.6 Å². The molecule has 4 nitrogen and oxygen atoms in total. The summed E-state index contributed by atoms with van der Waals surface area (Å²) in [5.41, 5.74) is 3.47. The first-order chi connectivity index (χ1) is 12.5. The molecule has 0 spiro atoms. The molecule has 0 aliphatic carbocycles. The third-order valence-electron chi connectivity index (χ3n) is 5.75. The fourth-order valence-corrected chi connectivity index (χ4v) is 5.24. The number of hydrogen-bond donors (Lipinski definition) is 1. The standard InChI is InChI=1S/C21H24N2O2S/c1-13-5-3-4-6-17(13)21-18-10-22-9-16(18)11-23(21)20(25)8-15-7-19(14(2)24)26-12-15/h3-7,12,16,18,21-22H,8-11H2,1-2H3/t16-,18-,21+/m0/s1. The smallest absolute Gasteiger partial charge is 0.227 e. The second-order valence-corrected chi connectivity index (χ2v) is 8.39. The zero-order chi connectivity index (χ0) is 18.3. The van der Waals surface area contributed by atoms with Crippen molar-refractivity contribution in [2.45, 2.75) is 26.3 Å². The lowest BCUT2D eigenvalue weighted by Crippen LogP contribution is -2.35. The molecule has 2 aliphatic rings. The highest BCUT2D eigenvalue weighted by atomic mass is 32.1. The van der Waals surface area contributed by atoms with Crippen molar-refractivity contribution in [1.82, 2.24) is 10.2 Å². The molecule has 136 valence electrons. The van der Waals surface area contributed by atoms with Crippen LogP contribution in [0, 0.1) is 18.8 Å². The van der Waals surface area contributed by atoms with Gasteiger partial charge in [0.1, 0.15) is 0 Å². The Morgan fingerprint density at radius 1 is 1.27 bits per heavy atom. The number of rotatable bonds is 4. The summed E-state index contributed by atoms with van der Waals surface area (Å²) in [6.07, 6.45) is 0.374. The van der Waals surface area contributed by atoms with Crippen molar-refractivity contribution in [3.8, 4) is 0 Å². The Hall–Kier alpha value is -1.98. The number of benzene rings is 1. The number of carbonyl (C=O) groups excluding carboxylic acids is 2. The van der Waals surface area contributed by atoms with Crippen molar-refractivity contribution in [2.24, 2.45) is 11.8 Å². The second-order valence-electron chi connectivity index (χ2n) is 7.48. The number of nitrogens with zero attached hydrogens (tertiary/aromatic N) is 1. The van der Waals surface area contributed by atoms with Gasteiger partial charge in [-0.25, -0.2) is 0 Å². The van der Waals surface area contributed by atoms with Crippen LogP contribution in [0.5, 0.6) is 0 Å². The van der Waals surface area contributed by atoms with Gasteiger partial charge in [0.15, 0.2) is 5.78 Å². The topological polar surface area (TPSA) is 49.4 Å². The van der Waals surface area contributed by atoms with E-state index >= 15 is 0 Å². The van der Waals surface area contributed by atoms with Gasteiger partial charge in [-0.15, -0.1) is 11.3 Å². The van der Waals surface area contributed by atoms with Crippen LogP contribution in [0.25, 0.3) is 0 Å². The van der Waals surface area contributed by atoms with E-state index in [2.05, 4.69) is 41.4 Å². The molecule has 4 rings (SSSR count). The predicted molar refractivity (Wildman–Crippen MR) is 104 cm³/mol. The molecule has 26 heavy (non-hydrogen) atoms. The summed E-state index contributed by atoms with van der Waals surface area (Å²) < 4.78 is 0. The maximum Gasteiger partial charge on any atom is 0.227 e. The van der Waals surface area contributed by atoms with E-state index in [1.807, 2.05) is 11.4 Å². The zero-order valence-corrected chi connectivity index (χ0v) is 16.0. The molecule has 0 radical (unpaired) electrons. The number of thiophene rings is 1. The van der Waals surface area contributed by atoms with E-state index in [0.717, 1.165) is 30.1 Å². The van der Waals surface area contributed by atoms with E-state index in [4.69, 9.17) is 0 Å². The minimum absolute atomic E-state index is 0.0632. The first kappa shape index (κ1) is 17.4. The van der Waals surface area contributed by atoms with Crippen LogP contribution >= 0.6 is 11.3 Å². The van der Waals surface area contributed by atoms with Gasteiger partial charge in [-0.1, -0.05) is 24.3 Å². The van der Waals surface area contributed by atoms with Crippen molar-refractivity contribution in [1.29, 1.82) is 0 Å². The van der Waals surface area contributed by atoms with Crippen LogP contribution in [-0.2, 0) is 11.2 Å². The molecule has 1 N–H and O–H groups in total. The van der Waals surface area contributed by atoms with Crippen LogP contribution in [0.1, 0.15) is 39.3 Å². The predicted octanol–water partition coefficient (Wildman–Crippen LogP) is 3.22. The quantitative estimate of drug-likeness (QED) is 0.843. The highest BCUT2D eigenvalue weighted by molar-refractivity contribution is 7.12. The Kier molecular flexibility index (Phi) is 4.67. The zero-order valence-electron chi connectivity index (χ0n) is 15.2. The SMILES string of the molecule is CC(=O)c1cc(CC(=O)N2C[C@@H]3CNC[C@@H]3[C@H]2c2ccccc2C)cs1. The summed E-state index contributed by atoms with van der Waals surface area (Å²) in [5.74, 6) is 1.24. The van der Waals surface area contributed by atoms with E-state index in [0.29, 0.717) is 18.3 Å². The molecule has 0 bridgehead atoms. The third-order valence-corrected chi connectivity index (χ3v) is 6.83. The monoisotopic (exact) mass is 368 g/mol. The van der Waals surface area contributed by atoms with Gasteiger partial charge < -0.3 is 10.2 Å². The van der Waals surface area contributed by atoms with E-state index in [9.17, 15) is 9.59 Å². The molecule has 2 aliphatic heterocycles. The molecule has 1 aromatic heterocycles. The summed E-state index contributed by atoms with van der Waals surface area (Å²) in [5, 5.41) is 5.44. The highest BCUT2D eigenvalue weighted by Gasteiger charge is 2.46. The molecular formula is C21H24N2O2S. The molecule has 2 aromatic rings. The average molecular weight is 369 g/mol. The lowest BCUT2D eigenvalue weighted by molar-refractivity contribution is -0.131. The Morgan fingerprint density at radius 3 is 2.81 bits per heavy atom. The molecule has 5 heteroatoms. The van der Waals surface area contributed by atoms with Crippen molar-refractivity contribution < 1.29 is 9.59 Å². The fraction of sp³-hybridized carbons (Fsp3) is 0.429. The van der Waals surface area contributed by atoms with Crippen LogP contribution in [0.15, 0.2) is 35.7 Å². The number of nitrogens with one attached hydrogen (secondary N) is 1. The summed E-state index contributed by atoms with van der Waals surface area (Å²) in [7, 11) is 0. The van der Waals surface area contributed by atoms with Gasteiger partial charge in [-0.05, 0) is 47.9 Å². The largest absolute Gasteiger partial charge is 0.335 e. The second kappa shape index (κ2) is 6.97.